The Balaban J connectivity index is 2.10. The van der Waals surface area contributed by atoms with Crippen molar-refractivity contribution in [3.8, 4) is 5.75 Å². The molecule has 1 atom stereocenters. The van der Waals surface area contributed by atoms with Gasteiger partial charge in [-0.05, 0) is 33.6 Å². The highest BCUT2D eigenvalue weighted by atomic mass is 19.1. The van der Waals surface area contributed by atoms with Gasteiger partial charge in [-0.15, -0.1) is 0 Å². The molecule has 7 heteroatoms. The molecule has 5 nitrogen and oxygen atoms in total. The molecule has 1 aromatic carbocycles. The first kappa shape index (κ1) is 17.5. The number of anilines is 1. The normalized spacial score (nSPS) is 18.7. The zero-order valence-electron chi connectivity index (χ0n) is 13.5. The maximum atomic E-state index is 14.0. The second-order valence-corrected chi connectivity index (χ2v) is 6.66. The van der Waals surface area contributed by atoms with Gasteiger partial charge in [-0.1, -0.05) is 0 Å². The molecule has 0 spiro atoms. The third-order valence-corrected chi connectivity index (χ3v) is 3.34. The van der Waals surface area contributed by atoms with Crippen LogP contribution in [0.2, 0.25) is 0 Å². The van der Waals surface area contributed by atoms with Gasteiger partial charge in [0.25, 0.3) is 0 Å². The van der Waals surface area contributed by atoms with Crippen molar-refractivity contribution in [1.82, 2.24) is 4.90 Å². The Labute approximate surface area is 134 Å². The van der Waals surface area contributed by atoms with Crippen LogP contribution in [0.3, 0.4) is 0 Å². The predicted octanol–water partition coefficient (Wildman–Crippen LogP) is 3.13. The molecule has 0 aromatic heterocycles. The summed E-state index contributed by atoms with van der Waals surface area (Å²) in [4.78, 5) is 13.5. The SMILES string of the molecule is CC(C)(C)Oc1c(F)cc(NC(=O)N2CCC[C@@H](O)C2)cc1F. The van der Waals surface area contributed by atoms with E-state index in [0.717, 1.165) is 12.1 Å². The van der Waals surface area contributed by atoms with Crippen molar-refractivity contribution >= 4 is 11.7 Å². The van der Waals surface area contributed by atoms with Crippen molar-refractivity contribution in [3.63, 3.8) is 0 Å². The van der Waals surface area contributed by atoms with E-state index in [4.69, 9.17) is 4.74 Å². The number of amides is 2. The van der Waals surface area contributed by atoms with Crippen molar-refractivity contribution in [2.24, 2.45) is 0 Å². The van der Waals surface area contributed by atoms with E-state index in [-0.39, 0.29) is 12.2 Å². The van der Waals surface area contributed by atoms with Crippen LogP contribution in [-0.4, -0.2) is 40.8 Å². The number of β-amino-alcohol motifs (C(OH)–C–C–N with tert-alkyl or cyclic N) is 1. The van der Waals surface area contributed by atoms with E-state index in [0.29, 0.717) is 19.4 Å². The van der Waals surface area contributed by atoms with Crippen LogP contribution in [0.5, 0.6) is 5.75 Å². The first-order chi connectivity index (χ1) is 10.7. The van der Waals surface area contributed by atoms with Crippen molar-refractivity contribution in [3.05, 3.63) is 23.8 Å². The van der Waals surface area contributed by atoms with E-state index in [1.165, 1.54) is 4.90 Å². The van der Waals surface area contributed by atoms with Gasteiger partial charge in [0.2, 0.25) is 0 Å². The van der Waals surface area contributed by atoms with E-state index in [1.54, 1.807) is 20.8 Å². The van der Waals surface area contributed by atoms with Gasteiger partial charge in [-0.25, -0.2) is 13.6 Å². The number of ether oxygens (including phenoxy) is 1. The van der Waals surface area contributed by atoms with Gasteiger partial charge in [-0.3, -0.25) is 0 Å². The number of piperidine rings is 1. The average Bonchev–Trinajstić information content (AvgIpc) is 2.42. The molecule has 0 unspecified atom stereocenters. The predicted molar refractivity (Wildman–Crippen MR) is 82.6 cm³/mol. The number of aliphatic hydroxyl groups excluding tert-OH is 1. The summed E-state index contributed by atoms with van der Waals surface area (Å²) in [6, 6.07) is 1.54. The number of benzene rings is 1. The minimum Gasteiger partial charge on any atom is -0.482 e. The summed E-state index contributed by atoms with van der Waals surface area (Å²) in [5.41, 5.74) is -0.734. The fourth-order valence-corrected chi connectivity index (χ4v) is 2.38. The standard InChI is InChI=1S/C16H22F2N2O3/c1-16(2,3)23-14-12(17)7-10(8-13(14)18)19-15(22)20-6-4-5-11(21)9-20/h7-8,11,21H,4-6,9H2,1-3H3,(H,19,22)/t11-/m1/s1. The summed E-state index contributed by atoms with van der Waals surface area (Å²) in [6.07, 6.45) is 0.771. The van der Waals surface area contributed by atoms with Crippen LogP contribution >= 0.6 is 0 Å². The van der Waals surface area contributed by atoms with Gasteiger partial charge >= 0.3 is 6.03 Å². The van der Waals surface area contributed by atoms with Gasteiger partial charge in [-0.2, -0.15) is 0 Å². The smallest absolute Gasteiger partial charge is 0.321 e. The van der Waals surface area contributed by atoms with E-state index >= 15 is 0 Å². The van der Waals surface area contributed by atoms with Crippen LogP contribution in [0.15, 0.2) is 12.1 Å². The van der Waals surface area contributed by atoms with Gasteiger partial charge in [0.1, 0.15) is 5.60 Å². The van der Waals surface area contributed by atoms with Gasteiger partial charge in [0, 0.05) is 30.9 Å². The van der Waals surface area contributed by atoms with E-state index in [2.05, 4.69) is 5.32 Å². The molecule has 23 heavy (non-hydrogen) atoms. The summed E-state index contributed by atoms with van der Waals surface area (Å²) in [7, 11) is 0. The Morgan fingerprint density at radius 1 is 1.35 bits per heavy atom. The first-order valence-corrected chi connectivity index (χ1v) is 7.58. The van der Waals surface area contributed by atoms with Crippen molar-refractivity contribution in [1.29, 1.82) is 0 Å². The van der Waals surface area contributed by atoms with Crippen LogP contribution < -0.4 is 10.1 Å². The molecule has 1 saturated heterocycles. The summed E-state index contributed by atoms with van der Waals surface area (Å²) >= 11 is 0. The summed E-state index contributed by atoms with van der Waals surface area (Å²) in [6.45, 7) is 5.76. The topological polar surface area (TPSA) is 61.8 Å². The molecule has 2 N–H and O–H groups in total. The third-order valence-electron chi connectivity index (χ3n) is 3.34. The summed E-state index contributed by atoms with van der Waals surface area (Å²) in [5.74, 6) is -2.23. The summed E-state index contributed by atoms with van der Waals surface area (Å²) < 4.78 is 33.3. The Morgan fingerprint density at radius 2 is 1.96 bits per heavy atom. The van der Waals surface area contributed by atoms with Crippen LogP contribution in [0, 0.1) is 11.6 Å². The zero-order chi connectivity index (χ0) is 17.2. The van der Waals surface area contributed by atoms with Crippen molar-refractivity contribution in [2.45, 2.75) is 45.3 Å². The zero-order valence-corrected chi connectivity index (χ0v) is 13.5. The molecular weight excluding hydrogens is 306 g/mol. The fourth-order valence-electron chi connectivity index (χ4n) is 2.38. The highest BCUT2D eigenvalue weighted by molar-refractivity contribution is 5.89. The molecular formula is C16H22F2N2O3. The van der Waals surface area contributed by atoms with Crippen LogP contribution in [0.4, 0.5) is 19.3 Å². The van der Waals surface area contributed by atoms with E-state index in [1.807, 2.05) is 0 Å². The number of hydrogen-bond acceptors (Lipinski definition) is 3. The molecule has 2 amide bonds. The van der Waals surface area contributed by atoms with Crippen LogP contribution in [-0.2, 0) is 0 Å². The third kappa shape index (κ3) is 4.79. The quantitative estimate of drug-likeness (QED) is 0.877. The monoisotopic (exact) mass is 328 g/mol. The summed E-state index contributed by atoms with van der Waals surface area (Å²) in [5, 5.41) is 12.0. The number of hydrogen-bond donors (Lipinski definition) is 2. The lowest BCUT2D eigenvalue weighted by Crippen LogP contribution is -2.44. The largest absolute Gasteiger partial charge is 0.482 e. The molecule has 1 aliphatic heterocycles. The molecule has 0 saturated carbocycles. The molecule has 1 heterocycles. The Hall–Kier alpha value is -1.89. The molecule has 2 rings (SSSR count). The van der Waals surface area contributed by atoms with E-state index in [9.17, 15) is 18.7 Å². The first-order valence-electron chi connectivity index (χ1n) is 7.58. The number of halogens is 2. The lowest BCUT2D eigenvalue weighted by molar-refractivity contribution is 0.0883. The minimum atomic E-state index is -0.881. The number of urea groups is 1. The molecule has 1 aliphatic rings. The highest BCUT2D eigenvalue weighted by Crippen LogP contribution is 2.29. The molecule has 128 valence electrons. The van der Waals surface area contributed by atoms with Crippen LogP contribution in [0.1, 0.15) is 33.6 Å². The van der Waals surface area contributed by atoms with Gasteiger partial charge < -0.3 is 20.1 Å². The van der Waals surface area contributed by atoms with Crippen molar-refractivity contribution < 1.29 is 23.4 Å². The molecule has 0 bridgehead atoms. The number of likely N-dealkylation sites (tertiary alicyclic amines) is 1. The lowest BCUT2D eigenvalue weighted by Gasteiger charge is -2.30. The van der Waals surface area contributed by atoms with Gasteiger partial charge in [0.05, 0.1) is 6.10 Å². The number of carbonyl (C=O) groups excluding carboxylic acids is 1. The number of nitrogens with one attached hydrogen (secondary N) is 1. The average molecular weight is 328 g/mol. The molecule has 0 radical (unpaired) electrons. The molecule has 1 fully saturated rings. The van der Waals surface area contributed by atoms with Crippen LogP contribution in [0.25, 0.3) is 0 Å². The highest BCUT2D eigenvalue weighted by Gasteiger charge is 2.24. The Morgan fingerprint density at radius 3 is 2.48 bits per heavy atom. The molecule has 1 aromatic rings. The molecule has 0 aliphatic carbocycles. The number of nitrogens with zero attached hydrogens (tertiary/aromatic N) is 1. The Kier molecular flexibility index (Phi) is 5.09. The number of carbonyl (C=O) groups is 1. The number of aliphatic hydroxyl groups is 1. The number of rotatable bonds is 2. The van der Waals surface area contributed by atoms with Gasteiger partial charge in [0.15, 0.2) is 17.4 Å². The van der Waals surface area contributed by atoms with E-state index < -0.39 is 35.1 Å². The Bertz CT molecular complexity index is 564. The maximum Gasteiger partial charge on any atom is 0.321 e. The van der Waals surface area contributed by atoms with Crippen molar-refractivity contribution in [2.75, 3.05) is 18.4 Å². The fraction of sp³-hybridized carbons (Fsp3) is 0.562. The second kappa shape index (κ2) is 6.70. The maximum absolute atomic E-state index is 14.0. The minimum absolute atomic E-state index is 0.00585. The second-order valence-electron chi connectivity index (χ2n) is 6.66. The lowest BCUT2D eigenvalue weighted by atomic mass is 10.1.